The third-order valence-corrected chi connectivity index (χ3v) is 2.57. The van der Waals surface area contributed by atoms with E-state index in [9.17, 15) is 4.79 Å². The molecule has 0 unspecified atom stereocenters. The Morgan fingerprint density at radius 2 is 2.28 bits per heavy atom. The Labute approximate surface area is 104 Å². The number of hydrogen-bond donors (Lipinski definition) is 1. The molecule has 94 valence electrons. The van der Waals surface area contributed by atoms with Crippen molar-refractivity contribution in [3.63, 3.8) is 0 Å². The fourth-order valence-electron chi connectivity index (χ4n) is 1.55. The lowest BCUT2D eigenvalue weighted by Gasteiger charge is -2.18. The number of rotatable bonds is 5. The minimum atomic E-state index is -1.02. The molecule has 0 aliphatic rings. The van der Waals surface area contributed by atoms with Gasteiger partial charge in [-0.1, -0.05) is 6.07 Å². The third kappa shape index (κ3) is 2.85. The van der Waals surface area contributed by atoms with Crippen LogP contribution in [0.5, 0.6) is 0 Å². The molecule has 1 N–H and O–H groups in total. The SMILES string of the molecule is CN(CCn1cccn1)c1cccc(C(=O)O)n1. The Morgan fingerprint density at radius 3 is 2.94 bits per heavy atom. The van der Waals surface area contributed by atoms with Gasteiger partial charge in [0.25, 0.3) is 0 Å². The summed E-state index contributed by atoms with van der Waals surface area (Å²) >= 11 is 0. The number of hydrogen-bond acceptors (Lipinski definition) is 4. The molecule has 2 aromatic heterocycles. The molecule has 0 amide bonds. The van der Waals surface area contributed by atoms with Gasteiger partial charge in [0.05, 0.1) is 6.54 Å². The van der Waals surface area contributed by atoms with Gasteiger partial charge in [0.2, 0.25) is 0 Å². The number of carboxylic acid groups (broad SMARTS) is 1. The molecular formula is C12H14N4O2. The number of pyridine rings is 1. The molecule has 0 atom stereocenters. The first-order valence-electron chi connectivity index (χ1n) is 5.56. The predicted octanol–water partition coefficient (Wildman–Crippen LogP) is 1.11. The molecule has 0 bridgehead atoms. The van der Waals surface area contributed by atoms with E-state index in [1.54, 1.807) is 18.3 Å². The molecule has 6 heteroatoms. The zero-order chi connectivity index (χ0) is 13.0. The summed E-state index contributed by atoms with van der Waals surface area (Å²) in [6.45, 7) is 1.43. The molecule has 0 saturated carbocycles. The van der Waals surface area contributed by atoms with Gasteiger partial charge in [-0.2, -0.15) is 5.10 Å². The standard InChI is InChI=1S/C12H14N4O2/c1-15(8-9-16-7-3-6-13-16)11-5-2-4-10(14-11)12(17)18/h2-7H,8-9H2,1H3,(H,17,18). The van der Waals surface area contributed by atoms with Crippen LogP contribution in [0.2, 0.25) is 0 Å². The summed E-state index contributed by atoms with van der Waals surface area (Å²) in [4.78, 5) is 16.8. The van der Waals surface area contributed by atoms with Crippen molar-refractivity contribution in [2.75, 3.05) is 18.5 Å². The maximum absolute atomic E-state index is 10.8. The van der Waals surface area contributed by atoms with E-state index in [1.165, 1.54) is 6.07 Å². The minimum Gasteiger partial charge on any atom is -0.477 e. The van der Waals surface area contributed by atoms with E-state index in [-0.39, 0.29) is 5.69 Å². The van der Waals surface area contributed by atoms with Crippen molar-refractivity contribution in [2.24, 2.45) is 0 Å². The summed E-state index contributed by atoms with van der Waals surface area (Å²) in [5.41, 5.74) is 0.0541. The van der Waals surface area contributed by atoms with Crippen molar-refractivity contribution in [2.45, 2.75) is 6.54 Å². The van der Waals surface area contributed by atoms with Crippen LogP contribution in [0.4, 0.5) is 5.82 Å². The second kappa shape index (κ2) is 5.31. The van der Waals surface area contributed by atoms with Crippen LogP contribution in [-0.2, 0) is 6.54 Å². The van der Waals surface area contributed by atoms with E-state index in [1.807, 2.05) is 28.9 Å². The van der Waals surface area contributed by atoms with E-state index in [0.29, 0.717) is 12.4 Å². The quantitative estimate of drug-likeness (QED) is 0.855. The van der Waals surface area contributed by atoms with Crippen molar-refractivity contribution in [3.05, 3.63) is 42.4 Å². The topological polar surface area (TPSA) is 71.2 Å². The van der Waals surface area contributed by atoms with Crippen molar-refractivity contribution < 1.29 is 9.90 Å². The maximum atomic E-state index is 10.8. The number of nitrogens with zero attached hydrogens (tertiary/aromatic N) is 4. The average molecular weight is 246 g/mol. The first-order chi connectivity index (χ1) is 8.66. The Balaban J connectivity index is 2.02. The number of aromatic carboxylic acids is 1. The molecule has 2 heterocycles. The third-order valence-electron chi connectivity index (χ3n) is 2.57. The highest BCUT2D eigenvalue weighted by Gasteiger charge is 2.08. The van der Waals surface area contributed by atoms with Gasteiger partial charge >= 0.3 is 5.97 Å². The molecule has 0 aliphatic carbocycles. The Morgan fingerprint density at radius 1 is 1.44 bits per heavy atom. The zero-order valence-corrected chi connectivity index (χ0v) is 10.0. The normalized spacial score (nSPS) is 10.3. The van der Waals surface area contributed by atoms with Crippen LogP contribution < -0.4 is 4.90 Å². The van der Waals surface area contributed by atoms with Crippen LogP contribution in [0.15, 0.2) is 36.7 Å². The second-order valence-corrected chi connectivity index (χ2v) is 3.88. The largest absolute Gasteiger partial charge is 0.477 e. The lowest BCUT2D eigenvalue weighted by molar-refractivity contribution is 0.0690. The van der Waals surface area contributed by atoms with Gasteiger partial charge in [-0.15, -0.1) is 0 Å². The molecule has 0 fully saturated rings. The highest BCUT2D eigenvalue weighted by molar-refractivity contribution is 5.85. The summed E-state index contributed by atoms with van der Waals surface area (Å²) in [5.74, 6) is -0.376. The Bertz CT molecular complexity index is 525. The van der Waals surface area contributed by atoms with Crippen LogP contribution in [0.1, 0.15) is 10.5 Å². The summed E-state index contributed by atoms with van der Waals surface area (Å²) in [5, 5.41) is 13.0. The van der Waals surface area contributed by atoms with E-state index >= 15 is 0 Å². The first kappa shape index (κ1) is 12.1. The molecule has 0 aliphatic heterocycles. The molecule has 2 aromatic rings. The van der Waals surface area contributed by atoms with Crippen molar-refractivity contribution in [1.29, 1.82) is 0 Å². The molecule has 6 nitrogen and oxygen atoms in total. The molecule has 0 spiro atoms. The number of aromatic nitrogens is 3. The van der Waals surface area contributed by atoms with Crippen molar-refractivity contribution in [3.8, 4) is 0 Å². The first-order valence-corrected chi connectivity index (χ1v) is 5.56. The smallest absolute Gasteiger partial charge is 0.354 e. The fraction of sp³-hybridized carbons (Fsp3) is 0.250. The van der Waals surface area contributed by atoms with Crippen LogP contribution in [0.3, 0.4) is 0 Å². The Kier molecular flexibility index (Phi) is 3.57. The van der Waals surface area contributed by atoms with E-state index in [4.69, 9.17) is 5.11 Å². The molecule has 0 saturated heterocycles. The van der Waals surface area contributed by atoms with Crippen molar-refractivity contribution >= 4 is 11.8 Å². The highest BCUT2D eigenvalue weighted by atomic mass is 16.4. The molecule has 2 rings (SSSR count). The van der Waals surface area contributed by atoms with Gasteiger partial charge in [-0.25, -0.2) is 9.78 Å². The molecule has 18 heavy (non-hydrogen) atoms. The number of carboxylic acids is 1. The van der Waals surface area contributed by atoms with E-state index in [2.05, 4.69) is 10.1 Å². The van der Waals surface area contributed by atoms with Gasteiger partial charge in [0.15, 0.2) is 5.69 Å². The van der Waals surface area contributed by atoms with Crippen LogP contribution >= 0.6 is 0 Å². The van der Waals surface area contributed by atoms with E-state index in [0.717, 1.165) is 6.54 Å². The van der Waals surface area contributed by atoms with Gasteiger partial charge in [-0.3, -0.25) is 4.68 Å². The summed E-state index contributed by atoms with van der Waals surface area (Å²) in [6, 6.07) is 6.82. The number of carbonyl (C=O) groups is 1. The average Bonchev–Trinajstić information content (AvgIpc) is 2.89. The van der Waals surface area contributed by atoms with Crippen molar-refractivity contribution in [1.82, 2.24) is 14.8 Å². The lowest BCUT2D eigenvalue weighted by atomic mass is 10.3. The second-order valence-electron chi connectivity index (χ2n) is 3.88. The highest BCUT2D eigenvalue weighted by Crippen LogP contribution is 2.09. The number of anilines is 1. The summed E-state index contributed by atoms with van der Waals surface area (Å²) < 4.78 is 1.82. The van der Waals surface area contributed by atoms with Gasteiger partial charge in [0, 0.05) is 26.0 Å². The summed E-state index contributed by atoms with van der Waals surface area (Å²) in [7, 11) is 1.87. The van der Waals surface area contributed by atoms with Crippen LogP contribution in [0, 0.1) is 0 Å². The Hall–Kier alpha value is -2.37. The molecule has 0 aromatic carbocycles. The van der Waals surface area contributed by atoms with E-state index < -0.39 is 5.97 Å². The zero-order valence-electron chi connectivity index (χ0n) is 10.0. The lowest BCUT2D eigenvalue weighted by Crippen LogP contribution is -2.24. The summed E-state index contributed by atoms with van der Waals surface area (Å²) in [6.07, 6.45) is 3.61. The monoisotopic (exact) mass is 246 g/mol. The predicted molar refractivity (Wildman–Crippen MR) is 66.7 cm³/mol. The van der Waals surface area contributed by atoms with Gasteiger partial charge in [-0.05, 0) is 18.2 Å². The molecule has 0 radical (unpaired) electrons. The minimum absolute atomic E-state index is 0.0541. The molecular weight excluding hydrogens is 232 g/mol. The maximum Gasteiger partial charge on any atom is 0.354 e. The van der Waals surface area contributed by atoms with Gasteiger partial charge in [0.1, 0.15) is 5.82 Å². The number of likely N-dealkylation sites (N-methyl/N-ethyl adjacent to an activating group) is 1. The van der Waals surface area contributed by atoms with Crippen LogP contribution in [-0.4, -0.2) is 39.4 Å². The fourth-order valence-corrected chi connectivity index (χ4v) is 1.55. The van der Waals surface area contributed by atoms with Crippen LogP contribution in [0.25, 0.3) is 0 Å². The van der Waals surface area contributed by atoms with Gasteiger partial charge < -0.3 is 10.0 Å².